The van der Waals surface area contributed by atoms with Crippen molar-refractivity contribution in [2.75, 3.05) is 13.7 Å². The Morgan fingerprint density at radius 3 is 2.08 bits per heavy atom. The molecule has 1 aliphatic rings. The Bertz CT molecular complexity index is 1390. The first-order valence-corrected chi connectivity index (χ1v) is 12.1. The number of hydrogen-bond acceptors (Lipinski definition) is 6. The van der Waals surface area contributed by atoms with E-state index in [4.69, 9.17) is 14.2 Å². The van der Waals surface area contributed by atoms with Gasteiger partial charge in [0.25, 0.3) is 5.56 Å². The van der Waals surface area contributed by atoms with Crippen LogP contribution in [0.25, 0.3) is 0 Å². The number of benzene rings is 3. The van der Waals surface area contributed by atoms with Crippen molar-refractivity contribution in [1.29, 1.82) is 0 Å². The van der Waals surface area contributed by atoms with Crippen molar-refractivity contribution in [3.63, 3.8) is 0 Å². The van der Waals surface area contributed by atoms with Gasteiger partial charge in [-0.05, 0) is 28.8 Å². The summed E-state index contributed by atoms with van der Waals surface area (Å²) in [5.74, 6) is 0.725. The SMILES string of the molecule is COc1ccc(C(OC[C@H]2O[C@@H](n3ccc(=O)[nH]c3=O)C[C@H]2O)(c2ccccc2)c2ccccc2)cc1. The van der Waals surface area contributed by atoms with Gasteiger partial charge >= 0.3 is 5.69 Å². The van der Waals surface area contributed by atoms with Gasteiger partial charge in [-0.2, -0.15) is 0 Å². The van der Waals surface area contributed by atoms with E-state index in [1.54, 1.807) is 7.11 Å². The molecule has 37 heavy (non-hydrogen) atoms. The summed E-state index contributed by atoms with van der Waals surface area (Å²) in [6.07, 6.45) is -0.738. The van der Waals surface area contributed by atoms with Gasteiger partial charge in [-0.15, -0.1) is 0 Å². The lowest BCUT2D eigenvalue weighted by Gasteiger charge is -2.37. The average molecular weight is 501 g/mol. The van der Waals surface area contributed by atoms with Crippen molar-refractivity contribution in [3.05, 3.63) is 135 Å². The molecule has 0 bridgehead atoms. The maximum absolute atomic E-state index is 12.3. The Morgan fingerprint density at radius 2 is 1.51 bits per heavy atom. The molecule has 1 fully saturated rings. The Morgan fingerprint density at radius 1 is 0.919 bits per heavy atom. The number of aliphatic hydroxyl groups is 1. The summed E-state index contributed by atoms with van der Waals surface area (Å²) < 4.78 is 19.5. The third kappa shape index (κ3) is 4.86. The molecule has 0 saturated carbocycles. The third-order valence-corrected chi connectivity index (χ3v) is 6.69. The van der Waals surface area contributed by atoms with E-state index in [0.717, 1.165) is 22.4 Å². The van der Waals surface area contributed by atoms with Crippen LogP contribution in [-0.4, -0.2) is 40.6 Å². The zero-order valence-corrected chi connectivity index (χ0v) is 20.3. The molecule has 0 unspecified atom stereocenters. The lowest BCUT2D eigenvalue weighted by molar-refractivity contribution is -0.0944. The molecule has 0 amide bonds. The van der Waals surface area contributed by atoms with Crippen molar-refractivity contribution in [1.82, 2.24) is 9.55 Å². The van der Waals surface area contributed by atoms with Crippen LogP contribution in [0, 0.1) is 0 Å². The van der Waals surface area contributed by atoms with Gasteiger partial charge in [-0.1, -0.05) is 72.8 Å². The Balaban J connectivity index is 1.52. The Hall–Kier alpha value is -3.98. The van der Waals surface area contributed by atoms with Gasteiger partial charge in [0.1, 0.15) is 23.7 Å². The van der Waals surface area contributed by atoms with Crippen LogP contribution in [0.4, 0.5) is 0 Å². The number of aliphatic hydroxyl groups excluding tert-OH is 1. The molecule has 1 aliphatic heterocycles. The van der Waals surface area contributed by atoms with Crippen LogP contribution in [0.2, 0.25) is 0 Å². The first-order valence-electron chi connectivity index (χ1n) is 12.1. The van der Waals surface area contributed by atoms with E-state index in [-0.39, 0.29) is 13.0 Å². The largest absolute Gasteiger partial charge is 0.497 e. The molecule has 3 atom stereocenters. The first kappa shape index (κ1) is 24.7. The van der Waals surface area contributed by atoms with Crippen LogP contribution in [0.15, 0.2) is 107 Å². The molecule has 0 spiro atoms. The molecule has 1 aromatic heterocycles. The Labute approximate surface area is 213 Å². The maximum Gasteiger partial charge on any atom is 0.330 e. The van der Waals surface area contributed by atoms with Crippen LogP contribution in [0.5, 0.6) is 5.75 Å². The fraction of sp³-hybridized carbons (Fsp3) is 0.241. The number of aromatic nitrogens is 2. The quantitative estimate of drug-likeness (QED) is 0.360. The van der Waals surface area contributed by atoms with Gasteiger partial charge in [0, 0.05) is 18.7 Å². The van der Waals surface area contributed by atoms with Gasteiger partial charge in [-0.25, -0.2) is 4.79 Å². The zero-order valence-electron chi connectivity index (χ0n) is 20.3. The molecule has 1 saturated heterocycles. The van der Waals surface area contributed by atoms with Gasteiger partial charge in [-0.3, -0.25) is 14.3 Å². The van der Waals surface area contributed by atoms with Crippen molar-refractivity contribution in [2.24, 2.45) is 0 Å². The van der Waals surface area contributed by atoms with E-state index in [0.29, 0.717) is 0 Å². The normalized spacial score (nSPS) is 19.6. The summed E-state index contributed by atoms with van der Waals surface area (Å²) in [5, 5.41) is 10.8. The summed E-state index contributed by atoms with van der Waals surface area (Å²) >= 11 is 0. The van der Waals surface area contributed by atoms with E-state index >= 15 is 0 Å². The average Bonchev–Trinajstić information content (AvgIpc) is 3.30. The van der Waals surface area contributed by atoms with E-state index in [2.05, 4.69) is 4.98 Å². The summed E-state index contributed by atoms with van der Waals surface area (Å²) in [4.78, 5) is 25.9. The number of hydrogen-bond donors (Lipinski definition) is 2. The second-order valence-corrected chi connectivity index (χ2v) is 8.90. The zero-order chi connectivity index (χ0) is 25.8. The number of nitrogens with zero attached hydrogens (tertiary/aromatic N) is 1. The highest BCUT2D eigenvalue weighted by Crippen LogP contribution is 2.42. The topological polar surface area (TPSA) is 103 Å². The maximum atomic E-state index is 12.3. The molecular weight excluding hydrogens is 472 g/mol. The van der Waals surface area contributed by atoms with Crippen molar-refractivity contribution >= 4 is 0 Å². The highest BCUT2D eigenvalue weighted by molar-refractivity contribution is 5.48. The summed E-state index contributed by atoms with van der Waals surface area (Å²) in [6, 6.07) is 28.7. The smallest absolute Gasteiger partial charge is 0.330 e. The summed E-state index contributed by atoms with van der Waals surface area (Å²) in [5.41, 5.74) is 0.610. The minimum atomic E-state index is -1.01. The number of aromatic amines is 1. The molecule has 190 valence electrons. The van der Waals surface area contributed by atoms with E-state index in [1.165, 1.54) is 16.8 Å². The monoisotopic (exact) mass is 500 g/mol. The van der Waals surface area contributed by atoms with Crippen LogP contribution in [0.3, 0.4) is 0 Å². The summed E-state index contributed by atoms with van der Waals surface area (Å²) in [7, 11) is 1.62. The van der Waals surface area contributed by atoms with Crippen molar-refractivity contribution < 1.29 is 19.3 Å². The van der Waals surface area contributed by atoms with Gasteiger partial charge < -0.3 is 19.3 Å². The van der Waals surface area contributed by atoms with Gasteiger partial charge in [0.05, 0.1) is 19.8 Å². The predicted octanol–water partition coefficient (Wildman–Crippen LogP) is 3.20. The summed E-state index contributed by atoms with van der Waals surface area (Å²) in [6.45, 7) is 0.0472. The number of ether oxygens (including phenoxy) is 3. The van der Waals surface area contributed by atoms with Crippen LogP contribution in [0.1, 0.15) is 29.3 Å². The van der Waals surface area contributed by atoms with E-state index in [9.17, 15) is 14.7 Å². The van der Waals surface area contributed by atoms with Crippen LogP contribution >= 0.6 is 0 Å². The number of nitrogens with one attached hydrogen (secondary N) is 1. The highest BCUT2D eigenvalue weighted by atomic mass is 16.6. The molecule has 2 heterocycles. The third-order valence-electron chi connectivity index (χ3n) is 6.69. The number of rotatable bonds is 8. The molecule has 8 heteroatoms. The molecule has 2 N–H and O–H groups in total. The lowest BCUT2D eigenvalue weighted by atomic mass is 9.80. The molecule has 4 aromatic rings. The predicted molar refractivity (Wildman–Crippen MR) is 138 cm³/mol. The fourth-order valence-electron chi connectivity index (χ4n) is 4.82. The van der Waals surface area contributed by atoms with E-state index in [1.807, 2.05) is 84.9 Å². The minimum absolute atomic E-state index is 0.0472. The van der Waals surface area contributed by atoms with Crippen molar-refractivity contribution in [3.8, 4) is 5.75 Å². The molecular formula is C29H28N2O6. The van der Waals surface area contributed by atoms with Crippen LogP contribution < -0.4 is 16.0 Å². The molecule has 5 rings (SSSR count). The Kier molecular flexibility index (Phi) is 7.05. The first-order chi connectivity index (χ1) is 18.0. The fourth-order valence-corrected chi connectivity index (χ4v) is 4.82. The molecule has 8 nitrogen and oxygen atoms in total. The van der Waals surface area contributed by atoms with E-state index < -0.39 is 35.3 Å². The van der Waals surface area contributed by atoms with Gasteiger partial charge in [0.15, 0.2) is 0 Å². The minimum Gasteiger partial charge on any atom is -0.497 e. The van der Waals surface area contributed by atoms with Crippen LogP contribution in [-0.2, 0) is 15.1 Å². The molecule has 0 aliphatic carbocycles. The molecule has 3 aromatic carbocycles. The second kappa shape index (κ2) is 10.6. The number of H-pyrrole nitrogens is 1. The molecule has 0 radical (unpaired) electrons. The highest BCUT2D eigenvalue weighted by Gasteiger charge is 2.42. The number of methoxy groups -OCH3 is 1. The second-order valence-electron chi connectivity index (χ2n) is 8.90. The lowest BCUT2D eigenvalue weighted by Crippen LogP contribution is -2.38. The van der Waals surface area contributed by atoms with Crippen molar-refractivity contribution in [2.45, 2.75) is 30.5 Å². The standard InChI is InChI=1S/C29H28N2O6/c1-35-23-14-12-22(13-15-23)29(20-8-4-2-5-9-20,21-10-6-3-7-11-21)36-19-25-24(32)18-27(37-25)31-17-16-26(33)30-28(31)34/h2-17,24-25,27,32H,18-19H2,1H3,(H,30,33,34)/t24-,25-,27-/m1/s1. The van der Waals surface area contributed by atoms with Gasteiger partial charge in [0.2, 0.25) is 0 Å².